The molecule has 1 aliphatic rings. The molecule has 1 aliphatic carbocycles. The van der Waals surface area contributed by atoms with Gasteiger partial charge in [0.25, 0.3) is 0 Å². The minimum Gasteiger partial charge on any atom is -0.215 e. The van der Waals surface area contributed by atoms with Crippen LogP contribution in [0.5, 0.6) is 0 Å². The van der Waals surface area contributed by atoms with Crippen LogP contribution < -0.4 is 4.72 Å². The first-order valence-electron chi connectivity index (χ1n) is 7.05. The average Bonchev–Trinajstić information content (AvgIpc) is 2.47. The predicted molar refractivity (Wildman–Crippen MR) is 78.4 cm³/mol. The summed E-state index contributed by atoms with van der Waals surface area (Å²) in [6.45, 7) is 0.554. The van der Waals surface area contributed by atoms with E-state index in [1.807, 2.05) is 6.07 Å². The normalized spacial score (nSPS) is 16.8. The average molecular weight is 292 g/mol. The van der Waals surface area contributed by atoms with Crippen LogP contribution in [-0.4, -0.2) is 15.0 Å². The molecule has 1 fully saturated rings. The molecule has 108 valence electrons. The van der Waals surface area contributed by atoms with Crippen molar-refractivity contribution in [2.24, 2.45) is 5.92 Å². The molecule has 1 saturated carbocycles. The fraction of sp³-hybridized carbons (Fsp3) is 0.533. The van der Waals surface area contributed by atoms with Crippen LogP contribution >= 0.6 is 0 Å². The standard InChI is InChI=1S/C15H20N2O2S/c16-10-13-6-8-15(9-7-13)12-20(18,19)17-11-14-4-2-1-3-5-14/h6-9,14,17H,1-5,11-12H2. The Hall–Kier alpha value is -1.38. The Morgan fingerprint density at radius 1 is 1.15 bits per heavy atom. The van der Waals surface area contributed by atoms with Crippen LogP contribution in [0.3, 0.4) is 0 Å². The van der Waals surface area contributed by atoms with Crippen LogP contribution in [0.1, 0.15) is 43.2 Å². The van der Waals surface area contributed by atoms with Crippen molar-refractivity contribution in [1.82, 2.24) is 4.72 Å². The number of sulfonamides is 1. The molecule has 2 rings (SSSR count). The Morgan fingerprint density at radius 3 is 2.40 bits per heavy atom. The molecule has 0 aliphatic heterocycles. The van der Waals surface area contributed by atoms with E-state index in [1.165, 1.54) is 19.3 Å². The highest BCUT2D eigenvalue weighted by molar-refractivity contribution is 7.88. The van der Waals surface area contributed by atoms with Gasteiger partial charge in [-0.15, -0.1) is 0 Å². The van der Waals surface area contributed by atoms with Crippen LogP contribution in [0.4, 0.5) is 0 Å². The lowest BCUT2D eigenvalue weighted by atomic mass is 9.90. The van der Waals surface area contributed by atoms with Gasteiger partial charge in [-0.05, 0) is 36.5 Å². The van der Waals surface area contributed by atoms with Crippen molar-refractivity contribution in [2.45, 2.75) is 37.9 Å². The topological polar surface area (TPSA) is 70.0 Å². The van der Waals surface area contributed by atoms with Crippen molar-refractivity contribution in [3.8, 4) is 6.07 Å². The SMILES string of the molecule is N#Cc1ccc(CS(=O)(=O)NCC2CCCCC2)cc1. The van der Waals surface area contributed by atoms with E-state index in [-0.39, 0.29) is 5.75 Å². The van der Waals surface area contributed by atoms with E-state index >= 15 is 0 Å². The van der Waals surface area contributed by atoms with Crippen molar-refractivity contribution in [3.63, 3.8) is 0 Å². The summed E-state index contributed by atoms with van der Waals surface area (Å²) >= 11 is 0. The summed E-state index contributed by atoms with van der Waals surface area (Å²) in [5.74, 6) is 0.463. The smallest absolute Gasteiger partial charge is 0.215 e. The van der Waals surface area contributed by atoms with E-state index in [1.54, 1.807) is 24.3 Å². The monoisotopic (exact) mass is 292 g/mol. The zero-order chi connectivity index (χ0) is 14.4. The second-order valence-electron chi connectivity index (χ2n) is 5.42. The van der Waals surface area contributed by atoms with Crippen LogP contribution in [0.25, 0.3) is 0 Å². The lowest BCUT2D eigenvalue weighted by Gasteiger charge is -2.21. The van der Waals surface area contributed by atoms with Gasteiger partial charge in [-0.1, -0.05) is 31.4 Å². The van der Waals surface area contributed by atoms with E-state index in [0.29, 0.717) is 23.6 Å². The zero-order valence-corrected chi connectivity index (χ0v) is 12.3. The molecule has 1 aromatic carbocycles. The third-order valence-electron chi connectivity index (χ3n) is 3.76. The molecule has 20 heavy (non-hydrogen) atoms. The van der Waals surface area contributed by atoms with Gasteiger partial charge in [0.05, 0.1) is 17.4 Å². The molecular weight excluding hydrogens is 272 g/mol. The zero-order valence-electron chi connectivity index (χ0n) is 11.5. The van der Waals surface area contributed by atoms with Gasteiger partial charge in [0.2, 0.25) is 10.0 Å². The fourth-order valence-corrected chi connectivity index (χ4v) is 3.81. The molecule has 1 aromatic rings. The second-order valence-corrected chi connectivity index (χ2v) is 7.23. The van der Waals surface area contributed by atoms with Gasteiger partial charge < -0.3 is 0 Å². The highest BCUT2D eigenvalue weighted by Gasteiger charge is 2.17. The third kappa shape index (κ3) is 4.62. The molecule has 1 N–H and O–H groups in total. The summed E-state index contributed by atoms with van der Waals surface area (Å²) in [7, 11) is -3.29. The maximum atomic E-state index is 12.0. The third-order valence-corrected chi connectivity index (χ3v) is 5.08. The summed E-state index contributed by atoms with van der Waals surface area (Å²) in [6.07, 6.45) is 5.94. The number of hydrogen-bond acceptors (Lipinski definition) is 3. The molecule has 0 bridgehead atoms. The minimum atomic E-state index is -3.29. The largest absolute Gasteiger partial charge is 0.215 e. The Labute approximate surface area is 120 Å². The van der Waals surface area contributed by atoms with E-state index in [0.717, 1.165) is 12.8 Å². The quantitative estimate of drug-likeness (QED) is 0.906. The van der Waals surface area contributed by atoms with E-state index in [9.17, 15) is 8.42 Å². The van der Waals surface area contributed by atoms with Crippen molar-refractivity contribution in [1.29, 1.82) is 5.26 Å². The van der Waals surface area contributed by atoms with Crippen molar-refractivity contribution in [3.05, 3.63) is 35.4 Å². The summed E-state index contributed by atoms with van der Waals surface area (Å²) < 4.78 is 26.8. The number of nitrogens with one attached hydrogen (secondary N) is 1. The van der Waals surface area contributed by atoms with Crippen molar-refractivity contribution >= 4 is 10.0 Å². The maximum absolute atomic E-state index is 12.0. The molecule has 0 radical (unpaired) electrons. The molecule has 0 saturated heterocycles. The van der Waals surface area contributed by atoms with Gasteiger partial charge in [-0.25, -0.2) is 13.1 Å². The first-order valence-corrected chi connectivity index (χ1v) is 8.71. The predicted octanol–water partition coefficient (Wildman–Crippen LogP) is 2.56. The molecule has 0 atom stereocenters. The minimum absolute atomic E-state index is 0.0224. The molecule has 0 amide bonds. The molecule has 0 heterocycles. The van der Waals surface area contributed by atoms with Crippen molar-refractivity contribution in [2.75, 3.05) is 6.54 Å². The van der Waals surface area contributed by atoms with Crippen LogP contribution in [0.15, 0.2) is 24.3 Å². The molecule has 4 nitrogen and oxygen atoms in total. The maximum Gasteiger partial charge on any atom is 0.215 e. The first-order chi connectivity index (χ1) is 9.59. The van der Waals surface area contributed by atoms with Crippen LogP contribution in [0, 0.1) is 17.2 Å². The molecule has 0 aromatic heterocycles. The Balaban J connectivity index is 1.87. The number of rotatable bonds is 5. The van der Waals surface area contributed by atoms with E-state index < -0.39 is 10.0 Å². The summed E-state index contributed by atoms with van der Waals surface area (Å²) in [6, 6.07) is 8.70. The lowest BCUT2D eigenvalue weighted by molar-refractivity contribution is 0.357. The first kappa shape index (κ1) is 15.0. The van der Waals surface area contributed by atoms with Gasteiger partial charge in [0, 0.05) is 6.54 Å². The molecule has 5 heteroatoms. The molecule has 0 spiro atoms. The van der Waals surface area contributed by atoms with Crippen LogP contribution in [0.2, 0.25) is 0 Å². The van der Waals surface area contributed by atoms with Gasteiger partial charge in [-0.2, -0.15) is 5.26 Å². The fourth-order valence-electron chi connectivity index (χ4n) is 2.58. The number of hydrogen-bond donors (Lipinski definition) is 1. The second kappa shape index (κ2) is 6.87. The van der Waals surface area contributed by atoms with Crippen molar-refractivity contribution < 1.29 is 8.42 Å². The lowest BCUT2D eigenvalue weighted by Crippen LogP contribution is -2.31. The summed E-state index contributed by atoms with van der Waals surface area (Å²) in [5, 5.41) is 8.71. The van der Waals surface area contributed by atoms with Gasteiger partial charge in [-0.3, -0.25) is 0 Å². The van der Waals surface area contributed by atoms with Gasteiger partial charge in [0.15, 0.2) is 0 Å². The number of nitriles is 1. The van der Waals surface area contributed by atoms with Gasteiger partial charge in [0.1, 0.15) is 0 Å². The molecule has 0 unspecified atom stereocenters. The highest BCUT2D eigenvalue weighted by Crippen LogP contribution is 2.23. The summed E-state index contributed by atoms with van der Waals surface area (Å²) in [5.41, 5.74) is 1.25. The Bertz CT molecular complexity index is 567. The Morgan fingerprint density at radius 2 is 1.80 bits per heavy atom. The van der Waals surface area contributed by atoms with E-state index in [4.69, 9.17) is 5.26 Å². The van der Waals surface area contributed by atoms with Gasteiger partial charge >= 0.3 is 0 Å². The number of benzene rings is 1. The Kier molecular flexibility index (Phi) is 5.16. The summed E-state index contributed by atoms with van der Waals surface area (Å²) in [4.78, 5) is 0. The van der Waals surface area contributed by atoms with Crippen LogP contribution in [-0.2, 0) is 15.8 Å². The highest BCUT2D eigenvalue weighted by atomic mass is 32.2. The number of nitrogens with zero attached hydrogens (tertiary/aromatic N) is 1. The van der Waals surface area contributed by atoms with E-state index in [2.05, 4.69) is 4.72 Å². The molecular formula is C15H20N2O2S.